The summed E-state index contributed by atoms with van der Waals surface area (Å²) in [5, 5.41) is 12.3. The number of fused-ring (bicyclic) bond motifs is 1. The molecule has 0 unspecified atom stereocenters. The minimum Gasteiger partial charge on any atom is -0.449 e. The molecular weight excluding hydrogens is 444 g/mol. The van der Waals surface area contributed by atoms with Gasteiger partial charge < -0.3 is 19.5 Å². The van der Waals surface area contributed by atoms with E-state index in [1.165, 1.54) is 17.7 Å². The molecule has 2 aliphatic rings. The summed E-state index contributed by atoms with van der Waals surface area (Å²) in [6.45, 7) is 1.79. The number of anilines is 1. The van der Waals surface area contributed by atoms with Crippen LogP contribution < -0.4 is 5.32 Å². The summed E-state index contributed by atoms with van der Waals surface area (Å²) in [5.41, 5.74) is 3.79. The third-order valence-corrected chi connectivity index (χ3v) is 6.85. The van der Waals surface area contributed by atoms with Crippen LogP contribution in [0.1, 0.15) is 54.6 Å². The Morgan fingerprint density at radius 2 is 2.03 bits per heavy atom. The van der Waals surface area contributed by atoms with Crippen LogP contribution in [0.5, 0.6) is 0 Å². The fraction of sp³-hybridized carbons (Fsp3) is 0.462. The SMILES string of the molecule is CN(C)C(=O)c1cc2cc(C3=CCCN(C(=O)CCn4ccnn4)C3)cc(NC3CCCC3)c2o1. The summed E-state index contributed by atoms with van der Waals surface area (Å²) in [5.74, 6) is 0.286. The van der Waals surface area contributed by atoms with Gasteiger partial charge in [-0.25, -0.2) is 0 Å². The van der Waals surface area contributed by atoms with E-state index in [2.05, 4.69) is 33.8 Å². The highest BCUT2D eigenvalue weighted by Crippen LogP contribution is 2.35. The molecule has 1 aliphatic heterocycles. The van der Waals surface area contributed by atoms with Crippen molar-refractivity contribution in [2.45, 2.75) is 51.1 Å². The van der Waals surface area contributed by atoms with E-state index in [9.17, 15) is 9.59 Å². The molecule has 1 aromatic carbocycles. The van der Waals surface area contributed by atoms with Crippen LogP contribution in [0, 0.1) is 0 Å². The largest absolute Gasteiger partial charge is 0.449 e. The molecule has 2 amide bonds. The van der Waals surface area contributed by atoms with Gasteiger partial charge in [-0.1, -0.05) is 24.1 Å². The van der Waals surface area contributed by atoms with Crippen molar-refractivity contribution >= 4 is 34.0 Å². The normalized spacial score (nSPS) is 16.5. The second-order valence-corrected chi connectivity index (χ2v) is 9.63. The molecular formula is C26H32N6O3. The van der Waals surface area contributed by atoms with Crippen LogP contribution in [-0.2, 0) is 11.3 Å². The first-order valence-corrected chi connectivity index (χ1v) is 12.3. The third-order valence-electron chi connectivity index (χ3n) is 6.85. The number of rotatable bonds is 7. The van der Waals surface area contributed by atoms with Crippen LogP contribution in [0.3, 0.4) is 0 Å². The lowest BCUT2D eigenvalue weighted by Gasteiger charge is -2.28. The fourth-order valence-corrected chi connectivity index (χ4v) is 4.95. The van der Waals surface area contributed by atoms with Crippen molar-refractivity contribution < 1.29 is 14.0 Å². The lowest BCUT2D eigenvalue weighted by atomic mass is 9.98. The molecule has 3 heterocycles. The maximum absolute atomic E-state index is 12.9. The number of aromatic nitrogens is 3. The zero-order chi connectivity index (χ0) is 24.4. The second-order valence-electron chi connectivity index (χ2n) is 9.63. The highest BCUT2D eigenvalue weighted by Gasteiger charge is 2.23. The number of benzene rings is 1. The quantitative estimate of drug-likeness (QED) is 0.557. The number of furan rings is 1. The van der Waals surface area contributed by atoms with E-state index in [0.29, 0.717) is 43.4 Å². The molecule has 0 saturated heterocycles. The molecule has 5 rings (SSSR count). The number of carbonyl (C=O) groups is 2. The molecule has 1 fully saturated rings. The maximum Gasteiger partial charge on any atom is 0.289 e. The first-order chi connectivity index (χ1) is 17.0. The van der Waals surface area contributed by atoms with E-state index in [1.807, 2.05) is 11.0 Å². The van der Waals surface area contributed by atoms with Gasteiger partial charge in [-0.2, -0.15) is 0 Å². The van der Waals surface area contributed by atoms with Crippen molar-refractivity contribution in [2.24, 2.45) is 0 Å². The molecule has 9 nitrogen and oxygen atoms in total. The van der Waals surface area contributed by atoms with Crippen LogP contribution >= 0.6 is 0 Å². The van der Waals surface area contributed by atoms with Gasteiger partial charge in [0, 0.05) is 51.2 Å². The minimum absolute atomic E-state index is 0.110. The van der Waals surface area contributed by atoms with Crippen molar-refractivity contribution in [3.8, 4) is 0 Å². The molecule has 0 atom stereocenters. The van der Waals surface area contributed by atoms with Crippen molar-refractivity contribution in [3.05, 3.63) is 48.0 Å². The van der Waals surface area contributed by atoms with Crippen LogP contribution in [0.4, 0.5) is 5.69 Å². The van der Waals surface area contributed by atoms with E-state index in [1.54, 1.807) is 31.2 Å². The van der Waals surface area contributed by atoms with Gasteiger partial charge in [0.1, 0.15) is 0 Å². The Kier molecular flexibility index (Phi) is 6.57. The second kappa shape index (κ2) is 9.93. The summed E-state index contributed by atoms with van der Waals surface area (Å²) in [7, 11) is 3.44. The summed E-state index contributed by atoms with van der Waals surface area (Å²) in [6.07, 6.45) is 11.5. The predicted molar refractivity (Wildman–Crippen MR) is 134 cm³/mol. The first kappa shape index (κ1) is 23.1. The van der Waals surface area contributed by atoms with Gasteiger partial charge >= 0.3 is 0 Å². The molecule has 184 valence electrons. The van der Waals surface area contributed by atoms with Gasteiger partial charge in [0.2, 0.25) is 5.91 Å². The van der Waals surface area contributed by atoms with E-state index >= 15 is 0 Å². The highest BCUT2D eigenvalue weighted by atomic mass is 16.3. The minimum atomic E-state index is -0.157. The summed E-state index contributed by atoms with van der Waals surface area (Å²) < 4.78 is 7.73. The monoisotopic (exact) mass is 476 g/mol. The number of carbonyl (C=O) groups excluding carboxylic acids is 2. The average Bonchev–Trinajstić information content (AvgIpc) is 3.64. The lowest BCUT2D eigenvalue weighted by Crippen LogP contribution is -2.36. The van der Waals surface area contributed by atoms with Crippen molar-refractivity contribution in [2.75, 3.05) is 32.5 Å². The molecule has 2 aromatic heterocycles. The standard InChI is InChI=1S/C26H32N6O3/c1-30(2)26(34)23-16-20-14-19(15-22(25(20)35-23)28-21-7-3-4-8-21)18-6-5-11-31(17-18)24(33)9-12-32-13-10-27-29-32/h6,10,13-16,21,28H,3-5,7-9,11-12,17H2,1-2H3. The van der Waals surface area contributed by atoms with Crippen LogP contribution in [0.2, 0.25) is 0 Å². The summed E-state index contributed by atoms with van der Waals surface area (Å²) in [6, 6.07) is 6.41. The number of hydrogen-bond donors (Lipinski definition) is 1. The van der Waals surface area contributed by atoms with Crippen LogP contribution in [0.25, 0.3) is 16.5 Å². The number of nitrogens with one attached hydrogen (secondary N) is 1. The number of amides is 2. The maximum atomic E-state index is 12.9. The zero-order valence-corrected chi connectivity index (χ0v) is 20.4. The van der Waals surface area contributed by atoms with Crippen LogP contribution in [0.15, 0.2) is 41.1 Å². The van der Waals surface area contributed by atoms with E-state index in [4.69, 9.17) is 4.42 Å². The molecule has 0 bridgehead atoms. The molecule has 1 saturated carbocycles. The van der Waals surface area contributed by atoms with Crippen molar-refractivity contribution in [1.29, 1.82) is 0 Å². The van der Waals surface area contributed by atoms with Gasteiger partial charge in [-0.15, -0.1) is 5.10 Å². The molecule has 35 heavy (non-hydrogen) atoms. The summed E-state index contributed by atoms with van der Waals surface area (Å²) >= 11 is 0. The number of aryl methyl sites for hydroxylation is 1. The molecule has 0 radical (unpaired) electrons. The number of hydrogen-bond acceptors (Lipinski definition) is 6. The van der Waals surface area contributed by atoms with Gasteiger partial charge in [0.15, 0.2) is 11.3 Å². The summed E-state index contributed by atoms with van der Waals surface area (Å²) in [4.78, 5) is 28.9. The van der Waals surface area contributed by atoms with Gasteiger partial charge in [0.25, 0.3) is 5.91 Å². The Bertz CT molecular complexity index is 1240. The van der Waals surface area contributed by atoms with Gasteiger partial charge in [-0.05, 0) is 48.6 Å². The van der Waals surface area contributed by atoms with Crippen LogP contribution in [-0.4, -0.2) is 69.8 Å². The first-order valence-electron chi connectivity index (χ1n) is 12.3. The Labute approximate surface area is 204 Å². The van der Waals surface area contributed by atoms with Crippen molar-refractivity contribution in [1.82, 2.24) is 24.8 Å². The smallest absolute Gasteiger partial charge is 0.289 e. The van der Waals surface area contributed by atoms with E-state index < -0.39 is 0 Å². The Morgan fingerprint density at radius 1 is 1.20 bits per heavy atom. The lowest BCUT2D eigenvalue weighted by molar-refractivity contribution is -0.131. The zero-order valence-electron chi connectivity index (χ0n) is 20.4. The molecule has 3 aromatic rings. The molecule has 0 spiro atoms. The predicted octanol–water partition coefficient (Wildman–Crippen LogP) is 3.79. The Balaban J connectivity index is 1.40. The highest BCUT2D eigenvalue weighted by molar-refractivity contribution is 6.00. The topological polar surface area (TPSA) is 96.5 Å². The average molecular weight is 477 g/mol. The van der Waals surface area contributed by atoms with Gasteiger partial charge in [0.05, 0.1) is 18.4 Å². The third kappa shape index (κ3) is 5.08. The van der Waals surface area contributed by atoms with Crippen molar-refractivity contribution in [3.63, 3.8) is 0 Å². The number of nitrogens with zero attached hydrogens (tertiary/aromatic N) is 5. The molecule has 1 aliphatic carbocycles. The Hall–Kier alpha value is -3.62. The van der Waals surface area contributed by atoms with E-state index in [-0.39, 0.29) is 11.8 Å². The van der Waals surface area contributed by atoms with E-state index in [0.717, 1.165) is 41.5 Å². The molecule has 9 heteroatoms. The fourth-order valence-electron chi connectivity index (χ4n) is 4.95. The molecule has 1 N–H and O–H groups in total. The Morgan fingerprint density at radius 3 is 2.77 bits per heavy atom. The van der Waals surface area contributed by atoms with Gasteiger partial charge in [-0.3, -0.25) is 14.3 Å².